The molecule has 140 valence electrons. The third kappa shape index (κ3) is 3.74. The molecule has 0 saturated carbocycles. The first kappa shape index (κ1) is 17.8. The number of thiophene rings is 1. The van der Waals surface area contributed by atoms with Crippen LogP contribution in [0.4, 0.5) is 0 Å². The zero-order valence-corrected chi connectivity index (χ0v) is 15.8. The highest BCUT2D eigenvalue weighted by molar-refractivity contribution is 7.12. The normalized spacial score (nSPS) is 15.2. The zero-order valence-electron chi connectivity index (χ0n) is 15.0. The molecule has 0 aliphatic carbocycles. The average Bonchev–Trinajstić information content (AvgIpc) is 3.22. The summed E-state index contributed by atoms with van der Waals surface area (Å²) in [6.45, 7) is 3.56. The predicted molar refractivity (Wildman–Crippen MR) is 105 cm³/mol. The molecule has 0 spiro atoms. The summed E-state index contributed by atoms with van der Waals surface area (Å²) in [4.78, 5) is 29.3. The molecule has 0 bridgehead atoms. The molecule has 0 N–H and O–H groups in total. The third-order valence-electron chi connectivity index (χ3n) is 4.82. The van der Waals surface area contributed by atoms with Gasteiger partial charge in [-0.25, -0.2) is 4.79 Å². The van der Waals surface area contributed by atoms with Gasteiger partial charge in [0.05, 0.1) is 12.0 Å². The van der Waals surface area contributed by atoms with Gasteiger partial charge in [-0.05, 0) is 29.1 Å². The van der Waals surface area contributed by atoms with Crippen molar-refractivity contribution in [2.45, 2.75) is 6.54 Å². The Labute approximate surface area is 160 Å². The molecule has 7 heteroatoms. The Morgan fingerprint density at radius 3 is 2.70 bits per heavy atom. The summed E-state index contributed by atoms with van der Waals surface area (Å²) in [5, 5.41) is 2.83. The minimum absolute atomic E-state index is 0.0996. The second-order valence-corrected chi connectivity index (χ2v) is 7.45. The van der Waals surface area contributed by atoms with E-state index in [1.165, 1.54) is 11.3 Å². The molecule has 1 aliphatic rings. The number of benzene rings is 1. The van der Waals surface area contributed by atoms with Crippen LogP contribution < -0.4 is 10.4 Å². The highest BCUT2D eigenvalue weighted by atomic mass is 32.1. The molecule has 1 saturated heterocycles. The molecule has 1 aliphatic heterocycles. The topological polar surface area (TPSA) is 63.0 Å². The lowest BCUT2D eigenvalue weighted by molar-refractivity contribution is 0.0633. The molecule has 0 unspecified atom stereocenters. The predicted octanol–water partition coefficient (Wildman–Crippen LogP) is 2.82. The van der Waals surface area contributed by atoms with Crippen LogP contribution >= 0.6 is 11.3 Å². The largest absolute Gasteiger partial charge is 0.497 e. The SMILES string of the molecule is COc1ccc2c(CN3CCN(C(=O)c4cccs4)CC3)cc(=O)oc2c1. The van der Waals surface area contributed by atoms with E-state index in [0.29, 0.717) is 31.0 Å². The molecule has 6 nitrogen and oxygen atoms in total. The number of methoxy groups -OCH3 is 1. The van der Waals surface area contributed by atoms with E-state index in [4.69, 9.17) is 9.15 Å². The van der Waals surface area contributed by atoms with Crippen molar-refractivity contribution in [1.82, 2.24) is 9.80 Å². The van der Waals surface area contributed by atoms with Crippen LogP contribution in [-0.4, -0.2) is 49.0 Å². The van der Waals surface area contributed by atoms with Crippen molar-refractivity contribution >= 4 is 28.2 Å². The summed E-state index contributed by atoms with van der Waals surface area (Å²) in [6.07, 6.45) is 0. The van der Waals surface area contributed by atoms with Gasteiger partial charge < -0.3 is 14.1 Å². The fourth-order valence-corrected chi connectivity index (χ4v) is 4.06. The highest BCUT2D eigenvalue weighted by Crippen LogP contribution is 2.24. The fourth-order valence-electron chi connectivity index (χ4n) is 3.37. The lowest BCUT2D eigenvalue weighted by atomic mass is 10.1. The molecule has 4 rings (SSSR count). The highest BCUT2D eigenvalue weighted by Gasteiger charge is 2.23. The zero-order chi connectivity index (χ0) is 18.8. The lowest BCUT2D eigenvalue weighted by Crippen LogP contribution is -2.48. The van der Waals surface area contributed by atoms with Gasteiger partial charge in [-0.2, -0.15) is 0 Å². The number of fused-ring (bicyclic) bond motifs is 1. The van der Waals surface area contributed by atoms with Gasteiger partial charge >= 0.3 is 5.63 Å². The minimum Gasteiger partial charge on any atom is -0.497 e. The van der Waals surface area contributed by atoms with Gasteiger partial charge in [-0.15, -0.1) is 11.3 Å². The smallest absolute Gasteiger partial charge is 0.336 e. The maximum atomic E-state index is 12.5. The second kappa shape index (κ2) is 7.54. The Bertz CT molecular complexity index is 1000. The molecule has 27 heavy (non-hydrogen) atoms. The average molecular weight is 384 g/mol. The molecule has 3 heterocycles. The first-order valence-electron chi connectivity index (χ1n) is 8.80. The van der Waals surface area contributed by atoms with Crippen LogP contribution in [0, 0.1) is 0 Å². The van der Waals surface area contributed by atoms with Gasteiger partial charge in [-0.1, -0.05) is 6.07 Å². The van der Waals surface area contributed by atoms with Crippen LogP contribution in [0.25, 0.3) is 11.0 Å². The molecular weight excluding hydrogens is 364 g/mol. The summed E-state index contributed by atoms with van der Waals surface area (Å²) < 4.78 is 10.5. The lowest BCUT2D eigenvalue weighted by Gasteiger charge is -2.34. The van der Waals surface area contributed by atoms with Gasteiger partial charge in [0.15, 0.2) is 0 Å². The van der Waals surface area contributed by atoms with Crippen molar-refractivity contribution in [3.05, 3.63) is 62.6 Å². The Morgan fingerprint density at radius 2 is 2.00 bits per heavy atom. The van der Waals surface area contributed by atoms with Crippen LogP contribution in [0.2, 0.25) is 0 Å². The van der Waals surface area contributed by atoms with Crippen molar-refractivity contribution in [2.75, 3.05) is 33.3 Å². The van der Waals surface area contributed by atoms with Crippen molar-refractivity contribution in [3.63, 3.8) is 0 Å². The Balaban J connectivity index is 1.47. The summed E-state index contributed by atoms with van der Waals surface area (Å²) >= 11 is 1.47. The van der Waals surface area contributed by atoms with Crippen LogP contribution in [0.1, 0.15) is 15.2 Å². The summed E-state index contributed by atoms with van der Waals surface area (Å²) in [5.74, 6) is 0.756. The number of rotatable bonds is 4. The molecule has 3 aromatic rings. The summed E-state index contributed by atoms with van der Waals surface area (Å²) in [6, 6.07) is 10.8. The Hall–Kier alpha value is -2.64. The molecule has 1 fully saturated rings. The third-order valence-corrected chi connectivity index (χ3v) is 5.68. The fraction of sp³-hybridized carbons (Fsp3) is 0.300. The van der Waals surface area contributed by atoms with Crippen LogP contribution in [0.5, 0.6) is 5.75 Å². The van der Waals surface area contributed by atoms with E-state index in [2.05, 4.69) is 4.90 Å². The van der Waals surface area contributed by atoms with Crippen LogP contribution in [0.15, 0.2) is 51.0 Å². The first-order valence-corrected chi connectivity index (χ1v) is 9.68. The molecular formula is C20H20N2O4S. The second-order valence-electron chi connectivity index (χ2n) is 6.50. The minimum atomic E-state index is -0.364. The molecule has 1 amide bonds. The number of nitrogens with zero attached hydrogens (tertiary/aromatic N) is 2. The standard InChI is InChI=1S/C20H20N2O4S/c1-25-15-4-5-16-14(11-19(23)26-17(16)12-15)13-21-6-8-22(9-7-21)20(24)18-3-2-10-27-18/h2-5,10-12H,6-9,13H2,1H3. The van der Waals surface area contributed by atoms with Gasteiger partial charge in [0.25, 0.3) is 5.91 Å². The van der Waals surface area contributed by atoms with Crippen molar-refractivity contribution in [2.24, 2.45) is 0 Å². The Morgan fingerprint density at radius 1 is 1.19 bits per heavy atom. The molecule has 1 aromatic carbocycles. The van der Waals surface area contributed by atoms with Crippen molar-refractivity contribution < 1.29 is 13.9 Å². The Kier molecular flexibility index (Phi) is 4.96. The van der Waals surface area contributed by atoms with Gasteiger partial charge in [0.2, 0.25) is 0 Å². The summed E-state index contributed by atoms with van der Waals surface area (Å²) in [5.41, 5.74) is 1.10. The number of hydrogen-bond donors (Lipinski definition) is 0. The van der Waals surface area contributed by atoms with Crippen molar-refractivity contribution in [1.29, 1.82) is 0 Å². The van der Waals surface area contributed by atoms with Crippen LogP contribution in [0.3, 0.4) is 0 Å². The first-order chi connectivity index (χ1) is 13.1. The number of ether oxygens (including phenoxy) is 1. The monoisotopic (exact) mass is 384 g/mol. The van der Waals surface area contributed by atoms with E-state index in [1.807, 2.05) is 34.5 Å². The molecule has 2 aromatic heterocycles. The van der Waals surface area contributed by atoms with E-state index < -0.39 is 0 Å². The molecule has 0 atom stereocenters. The van der Waals surface area contributed by atoms with Crippen molar-refractivity contribution in [3.8, 4) is 5.75 Å². The number of piperazine rings is 1. The van der Waals surface area contributed by atoms with Gasteiger partial charge in [-0.3, -0.25) is 9.69 Å². The van der Waals surface area contributed by atoms with E-state index in [0.717, 1.165) is 28.9 Å². The van der Waals surface area contributed by atoms with Crippen LogP contribution in [-0.2, 0) is 6.54 Å². The van der Waals surface area contributed by atoms with E-state index in [1.54, 1.807) is 19.2 Å². The van der Waals surface area contributed by atoms with E-state index in [-0.39, 0.29) is 11.5 Å². The summed E-state index contributed by atoms with van der Waals surface area (Å²) in [7, 11) is 1.58. The maximum absolute atomic E-state index is 12.5. The number of carbonyl (C=O) groups is 1. The van der Waals surface area contributed by atoms with E-state index >= 15 is 0 Å². The molecule has 0 radical (unpaired) electrons. The maximum Gasteiger partial charge on any atom is 0.336 e. The number of amides is 1. The van der Waals surface area contributed by atoms with Gasteiger partial charge in [0, 0.05) is 50.2 Å². The quantitative estimate of drug-likeness (QED) is 0.648. The number of hydrogen-bond acceptors (Lipinski definition) is 6. The number of carbonyl (C=O) groups excluding carboxylic acids is 1. The van der Waals surface area contributed by atoms with Gasteiger partial charge in [0.1, 0.15) is 11.3 Å². The van der Waals surface area contributed by atoms with E-state index in [9.17, 15) is 9.59 Å².